The maximum Gasteiger partial charge on any atom is 0.127 e. The second-order valence-electron chi connectivity index (χ2n) is 3.94. The van der Waals surface area contributed by atoms with Crippen LogP contribution >= 0.6 is 0 Å². The fraction of sp³-hybridized carbons (Fsp3) is 0.125. The zero-order valence-electron chi connectivity index (χ0n) is 10.3. The summed E-state index contributed by atoms with van der Waals surface area (Å²) < 4.78 is 5.67. The molecule has 0 spiro atoms. The Kier molecular flexibility index (Phi) is 4.02. The van der Waals surface area contributed by atoms with Crippen molar-refractivity contribution in [2.75, 3.05) is 0 Å². The zero-order valence-corrected chi connectivity index (χ0v) is 10.3. The second kappa shape index (κ2) is 5.92. The molecule has 18 heavy (non-hydrogen) atoms. The van der Waals surface area contributed by atoms with Crippen molar-refractivity contribution in [3.63, 3.8) is 0 Å². The highest BCUT2D eigenvalue weighted by atomic mass is 16.5. The SMILES string of the molecule is CC/C=C(/O)c1ccc(Oc2ccccc2)cc1. The maximum absolute atomic E-state index is 9.72. The number of para-hydroxylation sites is 1. The monoisotopic (exact) mass is 240 g/mol. The van der Waals surface area contributed by atoms with Crippen molar-refractivity contribution in [3.05, 3.63) is 66.2 Å². The van der Waals surface area contributed by atoms with Gasteiger partial charge in [0, 0.05) is 5.56 Å². The highest BCUT2D eigenvalue weighted by Crippen LogP contribution is 2.22. The second-order valence-corrected chi connectivity index (χ2v) is 3.94. The molecule has 0 saturated heterocycles. The third kappa shape index (κ3) is 3.14. The maximum atomic E-state index is 9.72. The van der Waals surface area contributed by atoms with Gasteiger partial charge in [-0.15, -0.1) is 0 Å². The quantitative estimate of drug-likeness (QED) is 0.779. The Hall–Kier alpha value is -2.22. The molecule has 1 N–H and O–H groups in total. The highest BCUT2D eigenvalue weighted by Gasteiger charge is 2.00. The molecule has 2 aromatic carbocycles. The number of benzene rings is 2. The average Bonchev–Trinajstić information content (AvgIpc) is 2.41. The summed E-state index contributed by atoms with van der Waals surface area (Å²) in [5.41, 5.74) is 0.803. The van der Waals surface area contributed by atoms with Crippen LogP contribution in [0.2, 0.25) is 0 Å². The molecule has 0 bridgehead atoms. The molecule has 0 saturated carbocycles. The van der Waals surface area contributed by atoms with Crippen LogP contribution in [0.15, 0.2) is 60.7 Å². The number of allylic oxidation sites excluding steroid dienone is 1. The summed E-state index contributed by atoms with van der Waals surface area (Å²) in [4.78, 5) is 0. The molecular formula is C16H16O2. The van der Waals surface area contributed by atoms with Gasteiger partial charge in [0.2, 0.25) is 0 Å². The lowest BCUT2D eigenvalue weighted by Crippen LogP contribution is -1.86. The lowest BCUT2D eigenvalue weighted by Gasteiger charge is -2.06. The highest BCUT2D eigenvalue weighted by molar-refractivity contribution is 5.59. The number of rotatable bonds is 4. The zero-order chi connectivity index (χ0) is 12.8. The molecule has 0 unspecified atom stereocenters. The summed E-state index contributed by atoms with van der Waals surface area (Å²) >= 11 is 0. The first-order valence-corrected chi connectivity index (χ1v) is 6.02. The molecule has 2 aromatic rings. The summed E-state index contributed by atoms with van der Waals surface area (Å²) in [6.45, 7) is 1.99. The standard InChI is InChI=1S/C16H16O2/c1-2-6-16(17)13-9-11-15(12-10-13)18-14-7-4-3-5-8-14/h3-12,17H,2H2,1H3/b16-6+. The number of aliphatic hydroxyl groups excluding tert-OH is 1. The predicted molar refractivity (Wildman–Crippen MR) is 73.9 cm³/mol. The van der Waals surface area contributed by atoms with Crippen molar-refractivity contribution >= 4 is 5.76 Å². The molecular weight excluding hydrogens is 224 g/mol. The molecule has 0 aromatic heterocycles. The predicted octanol–water partition coefficient (Wildman–Crippen LogP) is 4.79. The van der Waals surface area contributed by atoms with E-state index in [1.165, 1.54) is 0 Å². The van der Waals surface area contributed by atoms with Gasteiger partial charge in [-0.1, -0.05) is 25.1 Å². The van der Waals surface area contributed by atoms with E-state index in [1.54, 1.807) is 6.08 Å². The van der Waals surface area contributed by atoms with Gasteiger partial charge in [0.15, 0.2) is 0 Å². The molecule has 0 amide bonds. The third-order valence-corrected chi connectivity index (χ3v) is 2.53. The van der Waals surface area contributed by atoms with E-state index in [0.717, 1.165) is 23.5 Å². The van der Waals surface area contributed by atoms with Crippen LogP contribution in [0.1, 0.15) is 18.9 Å². The van der Waals surface area contributed by atoms with E-state index in [9.17, 15) is 5.11 Å². The van der Waals surface area contributed by atoms with Gasteiger partial charge < -0.3 is 9.84 Å². The summed E-state index contributed by atoms with van der Waals surface area (Å²) in [7, 11) is 0. The topological polar surface area (TPSA) is 29.5 Å². The van der Waals surface area contributed by atoms with Gasteiger partial charge in [-0.2, -0.15) is 0 Å². The van der Waals surface area contributed by atoms with Gasteiger partial charge >= 0.3 is 0 Å². The molecule has 0 radical (unpaired) electrons. The molecule has 92 valence electrons. The van der Waals surface area contributed by atoms with Crippen molar-refractivity contribution in [1.29, 1.82) is 0 Å². The molecule has 0 fully saturated rings. The summed E-state index contributed by atoms with van der Waals surface area (Å²) in [6.07, 6.45) is 2.60. The van der Waals surface area contributed by atoms with Gasteiger partial charge in [-0.3, -0.25) is 0 Å². The van der Waals surface area contributed by atoms with Crippen LogP contribution in [-0.4, -0.2) is 5.11 Å². The van der Waals surface area contributed by atoms with Crippen LogP contribution in [0.4, 0.5) is 0 Å². The minimum Gasteiger partial charge on any atom is -0.508 e. The number of hydrogen-bond donors (Lipinski definition) is 1. The first kappa shape index (κ1) is 12.2. The molecule has 2 nitrogen and oxygen atoms in total. The number of hydrogen-bond acceptors (Lipinski definition) is 2. The Bertz CT molecular complexity index is 513. The minimum absolute atomic E-state index is 0.309. The molecule has 2 heteroatoms. The Balaban J connectivity index is 2.11. The fourth-order valence-corrected chi connectivity index (χ4v) is 1.63. The summed E-state index contributed by atoms with van der Waals surface area (Å²) in [5, 5.41) is 9.72. The van der Waals surface area contributed by atoms with Crippen LogP contribution in [0.3, 0.4) is 0 Å². The smallest absolute Gasteiger partial charge is 0.127 e. The number of aliphatic hydroxyl groups is 1. The van der Waals surface area contributed by atoms with Crippen molar-refractivity contribution in [2.45, 2.75) is 13.3 Å². The van der Waals surface area contributed by atoms with Crippen molar-refractivity contribution in [1.82, 2.24) is 0 Å². The van der Waals surface area contributed by atoms with E-state index in [4.69, 9.17) is 4.74 Å². The minimum atomic E-state index is 0.309. The van der Waals surface area contributed by atoms with Crippen molar-refractivity contribution < 1.29 is 9.84 Å². The molecule has 0 atom stereocenters. The van der Waals surface area contributed by atoms with Crippen LogP contribution in [-0.2, 0) is 0 Å². The van der Waals surface area contributed by atoms with E-state index in [1.807, 2.05) is 61.5 Å². The lowest BCUT2D eigenvalue weighted by atomic mass is 10.1. The van der Waals surface area contributed by atoms with Crippen LogP contribution in [0, 0.1) is 0 Å². The largest absolute Gasteiger partial charge is 0.508 e. The molecule has 0 aliphatic carbocycles. The summed E-state index contributed by atoms with van der Waals surface area (Å²) in [6, 6.07) is 17.0. The molecule has 0 heterocycles. The fourth-order valence-electron chi connectivity index (χ4n) is 1.63. The van der Waals surface area contributed by atoms with Crippen molar-refractivity contribution in [2.24, 2.45) is 0 Å². The first-order valence-electron chi connectivity index (χ1n) is 6.02. The lowest BCUT2D eigenvalue weighted by molar-refractivity contribution is 0.482. The first-order chi connectivity index (χ1) is 8.79. The van der Waals surface area contributed by atoms with E-state index >= 15 is 0 Å². The van der Waals surface area contributed by atoms with Gasteiger partial charge in [-0.25, -0.2) is 0 Å². The van der Waals surface area contributed by atoms with Crippen LogP contribution in [0.5, 0.6) is 11.5 Å². The van der Waals surface area contributed by atoms with E-state index < -0.39 is 0 Å². The third-order valence-electron chi connectivity index (χ3n) is 2.53. The summed E-state index contributed by atoms with van der Waals surface area (Å²) in [5.74, 6) is 1.87. The van der Waals surface area contributed by atoms with E-state index in [0.29, 0.717) is 5.76 Å². The Labute approximate surface area is 107 Å². The Morgan fingerprint density at radius 3 is 2.22 bits per heavy atom. The van der Waals surface area contributed by atoms with Gasteiger partial charge in [0.05, 0.1) is 0 Å². The van der Waals surface area contributed by atoms with Gasteiger partial charge in [-0.05, 0) is 48.9 Å². The Morgan fingerprint density at radius 1 is 1.00 bits per heavy atom. The number of ether oxygens (including phenoxy) is 1. The average molecular weight is 240 g/mol. The van der Waals surface area contributed by atoms with Crippen LogP contribution in [0.25, 0.3) is 5.76 Å². The Morgan fingerprint density at radius 2 is 1.61 bits per heavy atom. The van der Waals surface area contributed by atoms with Gasteiger partial charge in [0.1, 0.15) is 17.3 Å². The molecule has 0 aliphatic rings. The molecule has 0 aliphatic heterocycles. The molecule has 2 rings (SSSR count). The van der Waals surface area contributed by atoms with Crippen molar-refractivity contribution in [3.8, 4) is 11.5 Å². The van der Waals surface area contributed by atoms with E-state index in [-0.39, 0.29) is 0 Å². The van der Waals surface area contributed by atoms with E-state index in [2.05, 4.69) is 0 Å². The van der Waals surface area contributed by atoms with Gasteiger partial charge in [0.25, 0.3) is 0 Å². The van der Waals surface area contributed by atoms with Crippen LogP contribution < -0.4 is 4.74 Å². The normalized spacial score (nSPS) is 11.3.